The van der Waals surface area contributed by atoms with E-state index in [0.717, 1.165) is 27.8 Å². The molecule has 1 fully saturated rings. The predicted octanol–water partition coefficient (Wildman–Crippen LogP) is 3.46. The average molecular weight is 348 g/mol. The SMILES string of the molecule is Cc1nn(C(=O)OC(C)(C)C)c(C2CC2)c1I. The lowest BCUT2D eigenvalue weighted by atomic mass is 10.2. The van der Waals surface area contributed by atoms with E-state index in [1.54, 1.807) is 0 Å². The minimum Gasteiger partial charge on any atom is -0.442 e. The Morgan fingerprint density at radius 2 is 2.06 bits per heavy atom. The van der Waals surface area contributed by atoms with Crippen molar-refractivity contribution in [2.24, 2.45) is 0 Å². The Morgan fingerprint density at radius 3 is 2.53 bits per heavy atom. The van der Waals surface area contributed by atoms with Crippen molar-refractivity contribution in [1.82, 2.24) is 9.78 Å². The molecule has 0 unspecified atom stereocenters. The third-order valence-electron chi connectivity index (χ3n) is 2.55. The molecular weight excluding hydrogens is 331 g/mol. The fourth-order valence-corrected chi connectivity index (χ4v) is 2.46. The van der Waals surface area contributed by atoms with Crippen LogP contribution < -0.4 is 0 Å². The van der Waals surface area contributed by atoms with Gasteiger partial charge in [-0.1, -0.05) is 0 Å². The average Bonchev–Trinajstić information content (AvgIpc) is 2.93. The molecule has 1 saturated carbocycles. The molecule has 0 aliphatic heterocycles. The van der Waals surface area contributed by atoms with Gasteiger partial charge in [0.15, 0.2) is 0 Å². The van der Waals surface area contributed by atoms with Crippen LogP contribution in [0.15, 0.2) is 0 Å². The van der Waals surface area contributed by atoms with E-state index in [0.29, 0.717) is 5.92 Å². The summed E-state index contributed by atoms with van der Waals surface area (Å²) in [7, 11) is 0. The van der Waals surface area contributed by atoms with Crippen molar-refractivity contribution < 1.29 is 9.53 Å². The molecule has 0 saturated heterocycles. The predicted molar refractivity (Wildman–Crippen MR) is 73.3 cm³/mol. The van der Waals surface area contributed by atoms with Crippen molar-refractivity contribution in [2.75, 3.05) is 0 Å². The van der Waals surface area contributed by atoms with Gasteiger partial charge in [0.25, 0.3) is 0 Å². The summed E-state index contributed by atoms with van der Waals surface area (Å²) in [6.07, 6.45) is 1.92. The summed E-state index contributed by atoms with van der Waals surface area (Å²) in [6.45, 7) is 7.52. The lowest BCUT2D eigenvalue weighted by molar-refractivity contribution is 0.0508. The Labute approximate surface area is 115 Å². The minimum atomic E-state index is -0.483. The molecule has 1 aliphatic carbocycles. The van der Waals surface area contributed by atoms with Gasteiger partial charge in [-0.15, -0.1) is 0 Å². The smallest absolute Gasteiger partial charge is 0.435 e. The van der Waals surface area contributed by atoms with Crippen LogP contribution >= 0.6 is 22.6 Å². The number of carbonyl (C=O) groups excluding carboxylic acids is 1. The second kappa shape index (κ2) is 4.26. The molecule has 0 radical (unpaired) electrons. The summed E-state index contributed by atoms with van der Waals surface area (Å²) in [6, 6.07) is 0. The fourth-order valence-electron chi connectivity index (χ4n) is 1.68. The van der Waals surface area contributed by atoms with Gasteiger partial charge in [0.05, 0.1) is 15.0 Å². The zero-order valence-corrected chi connectivity index (χ0v) is 12.7. The van der Waals surface area contributed by atoms with Gasteiger partial charge < -0.3 is 4.74 Å². The molecule has 1 aromatic heterocycles. The van der Waals surface area contributed by atoms with E-state index >= 15 is 0 Å². The van der Waals surface area contributed by atoms with Gasteiger partial charge in [0.1, 0.15) is 5.60 Å². The zero-order chi connectivity index (χ0) is 12.8. The number of aromatic nitrogens is 2. The van der Waals surface area contributed by atoms with E-state index in [1.807, 2.05) is 27.7 Å². The first-order chi connectivity index (χ1) is 7.79. The van der Waals surface area contributed by atoms with E-state index in [4.69, 9.17) is 4.74 Å². The maximum absolute atomic E-state index is 12.1. The number of carbonyl (C=O) groups is 1. The Balaban J connectivity index is 2.32. The maximum atomic E-state index is 12.1. The van der Waals surface area contributed by atoms with Gasteiger partial charge in [-0.05, 0) is 63.1 Å². The molecule has 0 bridgehead atoms. The summed E-state index contributed by atoms with van der Waals surface area (Å²) in [5.74, 6) is 0.482. The van der Waals surface area contributed by atoms with Crippen LogP contribution in [0.25, 0.3) is 0 Å². The van der Waals surface area contributed by atoms with Gasteiger partial charge in [-0.2, -0.15) is 9.78 Å². The van der Waals surface area contributed by atoms with Crippen LogP contribution in [-0.2, 0) is 4.74 Å². The van der Waals surface area contributed by atoms with Crippen LogP contribution in [0.4, 0.5) is 4.79 Å². The standard InChI is InChI=1S/C12H17IN2O2/c1-7-9(13)10(8-5-6-8)15(14-7)11(16)17-12(2,3)4/h8H,5-6H2,1-4H3. The monoisotopic (exact) mass is 348 g/mol. The summed E-state index contributed by atoms with van der Waals surface area (Å²) in [5, 5.41) is 4.29. The lowest BCUT2D eigenvalue weighted by Crippen LogP contribution is -2.28. The van der Waals surface area contributed by atoms with Crippen molar-refractivity contribution in [1.29, 1.82) is 0 Å². The number of hydrogen-bond donors (Lipinski definition) is 0. The van der Waals surface area contributed by atoms with Crippen molar-refractivity contribution in [3.05, 3.63) is 15.0 Å². The molecule has 5 heteroatoms. The summed E-state index contributed by atoms with van der Waals surface area (Å²) in [5.41, 5.74) is 1.44. The van der Waals surface area contributed by atoms with Crippen LogP contribution in [0, 0.1) is 10.5 Å². The number of halogens is 1. The van der Waals surface area contributed by atoms with E-state index in [1.165, 1.54) is 4.68 Å². The van der Waals surface area contributed by atoms with Crippen LogP contribution in [0.3, 0.4) is 0 Å². The fraction of sp³-hybridized carbons (Fsp3) is 0.667. The van der Waals surface area contributed by atoms with Crippen molar-refractivity contribution in [3.63, 3.8) is 0 Å². The summed E-state index contributed by atoms with van der Waals surface area (Å²) < 4.78 is 7.91. The first-order valence-electron chi connectivity index (χ1n) is 5.78. The Kier molecular flexibility index (Phi) is 3.22. The zero-order valence-electron chi connectivity index (χ0n) is 10.6. The quantitative estimate of drug-likeness (QED) is 0.730. The molecule has 17 heavy (non-hydrogen) atoms. The highest BCUT2D eigenvalue weighted by Crippen LogP contribution is 2.42. The molecule has 0 atom stereocenters. The maximum Gasteiger partial charge on any atom is 0.435 e. The Bertz CT molecular complexity index is 456. The second-order valence-electron chi connectivity index (χ2n) is 5.45. The van der Waals surface area contributed by atoms with Crippen molar-refractivity contribution in [3.8, 4) is 0 Å². The second-order valence-corrected chi connectivity index (χ2v) is 6.53. The number of nitrogens with zero attached hydrogens (tertiary/aromatic N) is 2. The van der Waals surface area contributed by atoms with Crippen LogP contribution in [-0.4, -0.2) is 21.5 Å². The molecule has 1 aromatic rings. The largest absolute Gasteiger partial charge is 0.442 e. The van der Waals surface area contributed by atoms with E-state index < -0.39 is 5.60 Å². The Morgan fingerprint density at radius 1 is 1.47 bits per heavy atom. The number of rotatable bonds is 1. The molecule has 0 spiro atoms. The van der Waals surface area contributed by atoms with Crippen LogP contribution in [0.1, 0.15) is 50.9 Å². The van der Waals surface area contributed by atoms with Gasteiger partial charge >= 0.3 is 6.09 Å². The normalized spacial score (nSPS) is 16.1. The van der Waals surface area contributed by atoms with Crippen molar-refractivity contribution in [2.45, 2.75) is 52.1 Å². The topological polar surface area (TPSA) is 44.1 Å². The van der Waals surface area contributed by atoms with E-state index in [-0.39, 0.29) is 6.09 Å². The Hall–Kier alpha value is -0.590. The molecular formula is C12H17IN2O2. The lowest BCUT2D eigenvalue weighted by Gasteiger charge is -2.19. The highest BCUT2D eigenvalue weighted by atomic mass is 127. The third kappa shape index (κ3) is 2.81. The van der Waals surface area contributed by atoms with E-state index in [2.05, 4.69) is 27.7 Å². The van der Waals surface area contributed by atoms with Gasteiger partial charge in [0.2, 0.25) is 0 Å². The van der Waals surface area contributed by atoms with Crippen LogP contribution in [0.5, 0.6) is 0 Å². The number of ether oxygens (including phenoxy) is 1. The molecule has 0 N–H and O–H groups in total. The highest BCUT2D eigenvalue weighted by Gasteiger charge is 2.34. The summed E-state index contributed by atoms with van der Waals surface area (Å²) >= 11 is 2.26. The molecule has 0 amide bonds. The molecule has 1 heterocycles. The van der Waals surface area contributed by atoms with Gasteiger partial charge in [-0.25, -0.2) is 4.79 Å². The third-order valence-corrected chi connectivity index (χ3v) is 3.88. The summed E-state index contributed by atoms with van der Waals surface area (Å²) in [4.78, 5) is 12.1. The first-order valence-corrected chi connectivity index (χ1v) is 6.86. The molecule has 1 aliphatic rings. The van der Waals surface area contributed by atoms with E-state index in [9.17, 15) is 4.79 Å². The first kappa shape index (κ1) is 12.9. The van der Waals surface area contributed by atoms with Crippen molar-refractivity contribution >= 4 is 28.7 Å². The number of aryl methyl sites for hydroxylation is 1. The van der Waals surface area contributed by atoms with Gasteiger partial charge in [-0.3, -0.25) is 0 Å². The molecule has 0 aromatic carbocycles. The van der Waals surface area contributed by atoms with Crippen LogP contribution in [0.2, 0.25) is 0 Å². The molecule has 4 nitrogen and oxygen atoms in total. The molecule has 94 valence electrons. The van der Waals surface area contributed by atoms with Gasteiger partial charge in [0, 0.05) is 5.92 Å². The number of hydrogen-bond acceptors (Lipinski definition) is 3. The highest BCUT2D eigenvalue weighted by molar-refractivity contribution is 14.1. The molecule has 2 rings (SSSR count). The minimum absolute atomic E-state index is 0.370.